The highest BCUT2D eigenvalue weighted by Crippen LogP contribution is 2.06. The molecule has 82 valence electrons. The Labute approximate surface area is 92.4 Å². The summed E-state index contributed by atoms with van der Waals surface area (Å²) in [6.45, 7) is 0. The lowest BCUT2D eigenvalue weighted by Gasteiger charge is -2.00. The van der Waals surface area contributed by atoms with Crippen LogP contribution in [0.2, 0.25) is 0 Å². The summed E-state index contributed by atoms with van der Waals surface area (Å²) in [6, 6.07) is 9.72. The van der Waals surface area contributed by atoms with Crippen molar-refractivity contribution in [3.05, 3.63) is 70.0 Å². The predicted octanol–water partition coefficient (Wildman–Crippen LogP) is 2.56. The first-order valence-electron chi connectivity index (χ1n) is 5.07. The third kappa shape index (κ3) is 2.57. The molecule has 2 rings (SSSR count). The number of benzene rings is 1. The van der Waals surface area contributed by atoms with Gasteiger partial charge in [0.25, 0.3) is 0 Å². The molecule has 0 aliphatic carbocycles. The molecule has 0 saturated carbocycles. The third-order valence-corrected chi connectivity index (χ3v) is 2.41. The molecule has 1 aromatic carbocycles. The van der Waals surface area contributed by atoms with Gasteiger partial charge in [-0.3, -0.25) is 0 Å². The van der Waals surface area contributed by atoms with E-state index in [-0.39, 0.29) is 11.4 Å². The van der Waals surface area contributed by atoms with Crippen molar-refractivity contribution >= 4 is 0 Å². The maximum Gasteiger partial charge on any atom is 0.338 e. The van der Waals surface area contributed by atoms with Crippen molar-refractivity contribution in [3.63, 3.8) is 0 Å². The van der Waals surface area contributed by atoms with E-state index in [0.29, 0.717) is 18.4 Å². The van der Waals surface area contributed by atoms with E-state index in [1.54, 1.807) is 24.3 Å². The molecule has 0 saturated heterocycles. The molecule has 2 nitrogen and oxygen atoms in total. The Kier molecular flexibility index (Phi) is 3.15. The fourth-order valence-electron chi connectivity index (χ4n) is 1.52. The number of halogens is 1. The Morgan fingerprint density at radius 2 is 1.81 bits per heavy atom. The second-order valence-corrected chi connectivity index (χ2v) is 3.55. The fourth-order valence-corrected chi connectivity index (χ4v) is 1.52. The second-order valence-electron chi connectivity index (χ2n) is 3.55. The highest BCUT2D eigenvalue weighted by Gasteiger charge is 2.01. The van der Waals surface area contributed by atoms with Crippen LogP contribution in [0.4, 0.5) is 4.39 Å². The van der Waals surface area contributed by atoms with E-state index in [0.717, 1.165) is 5.56 Å². The van der Waals surface area contributed by atoms with Crippen LogP contribution in [0, 0.1) is 5.82 Å². The minimum Gasteiger partial charge on any atom is -0.431 e. The highest BCUT2D eigenvalue weighted by atomic mass is 19.1. The summed E-state index contributed by atoms with van der Waals surface area (Å²) in [5, 5.41) is 0. The van der Waals surface area contributed by atoms with Gasteiger partial charge in [0, 0.05) is 5.56 Å². The molecule has 0 aliphatic heterocycles. The van der Waals surface area contributed by atoms with Gasteiger partial charge in [-0.2, -0.15) is 0 Å². The Morgan fingerprint density at radius 3 is 2.50 bits per heavy atom. The number of aryl methyl sites for hydroxylation is 2. The Morgan fingerprint density at radius 1 is 1.06 bits per heavy atom. The summed E-state index contributed by atoms with van der Waals surface area (Å²) in [4.78, 5) is 11.3. The zero-order valence-corrected chi connectivity index (χ0v) is 8.65. The first-order valence-corrected chi connectivity index (χ1v) is 5.07. The van der Waals surface area contributed by atoms with E-state index in [1.165, 1.54) is 18.4 Å². The molecule has 0 fully saturated rings. The van der Waals surface area contributed by atoms with Crippen molar-refractivity contribution in [2.45, 2.75) is 12.8 Å². The van der Waals surface area contributed by atoms with Crippen LogP contribution in [0.1, 0.15) is 11.1 Å². The van der Waals surface area contributed by atoms with Crippen LogP contribution in [0.5, 0.6) is 0 Å². The molecule has 1 heterocycles. The molecular formula is C13H11FO2. The van der Waals surface area contributed by atoms with Gasteiger partial charge in [0.15, 0.2) is 0 Å². The average molecular weight is 218 g/mol. The van der Waals surface area contributed by atoms with Gasteiger partial charge >= 0.3 is 5.63 Å². The van der Waals surface area contributed by atoms with E-state index >= 15 is 0 Å². The van der Waals surface area contributed by atoms with Gasteiger partial charge in [-0.25, -0.2) is 9.18 Å². The summed E-state index contributed by atoms with van der Waals surface area (Å²) in [6.07, 6.45) is 2.67. The van der Waals surface area contributed by atoms with E-state index in [2.05, 4.69) is 0 Å². The van der Waals surface area contributed by atoms with Crippen molar-refractivity contribution in [1.82, 2.24) is 0 Å². The molecule has 0 bridgehead atoms. The zero-order valence-electron chi connectivity index (χ0n) is 8.65. The molecule has 1 aromatic heterocycles. The minimum absolute atomic E-state index is 0.247. The van der Waals surface area contributed by atoms with Gasteiger partial charge in [-0.15, -0.1) is 0 Å². The van der Waals surface area contributed by atoms with Gasteiger partial charge in [0.2, 0.25) is 0 Å². The molecule has 2 aromatic rings. The van der Waals surface area contributed by atoms with E-state index in [4.69, 9.17) is 4.42 Å². The average Bonchev–Trinajstić information content (AvgIpc) is 2.30. The van der Waals surface area contributed by atoms with Crippen LogP contribution < -0.4 is 5.63 Å². The molecule has 0 unspecified atom stereocenters. The lowest BCUT2D eigenvalue weighted by Crippen LogP contribution is -2.07. The smallest absolute Gasteiger partial charge is 0.338 e. The molecule has 0 spiro atoms. The van der Waals surface area contributed by atoms with Gasteiger partial charge < -0.3 is 4.42 Å². The van der Waals surface area contributed by atoms with Crippen LogP contribution in [0.15, 0.2) is 51.9 Å². The van der Waals surface area contributed by atoms with E-state index < -0.39 is 0 Å². The van der Waals surface area contributed by atoms with Crippen molar-refractivity contribution < 1.29 is 8.81 Å². The molecule has 0 aliphatic rings. The van der Waals surface area contributed by atoms with Gasteiger partial charge in [0.05, 0.1) is 6.26 Å². The first-order chi connectivity index (χ1) is 7.75. The van der Waals surface area contributed by atoms with Crippen LogP contribution in [-0.2, 0) is 12.8 Å². The lowest BCUT2D eigenvalue weighted by atomic mass is 10.1. The maximum atomic E-state index is 12.6. The molecule has 0 atom stereocenters. The predicted molar refractivity (Wildman–Crippen MR) is 58.8 cm³/mol. The number of rotatable bonds is 3. The number of hydrogen-bond acceptors (Lipinski definition) is 2. The van der Waals surface area contributed by atoms with Gasteiger partial charge in [-0.1, -0.05) is 12.1 Å². The largest absolute Gasteiger partial charge is 0.431 e. The van der Waals surface area contributed by atoms with Gasteiger partial charge in [0.1, 0.15) is 5.82 Å². The summed E-state index contributed by atoms with van der Waals surface area (Å²) >= 11 is 0. The van der Waals surface area contributed by atoms with Crippen LogP contribution in [0.3, 0.4) is 0 Å². The summed E-state index contributed by atoms with van der Waals surface area (Å²) < 4.78 is 17.4. The van der Waals surface area contributed by atoms with Crippen LogP contribution >= 0.6 is 0 Å². The van der Waals surface area contributed by atoms with Crippen molar-refractivity contribution in [3.8, 4) is 0 Å². The lowest BCUT2D eigenvalue weighted by molar-refractivity contribution is 0.501. The molecule has 3 heteroatoms. The molecule has 16 heavy (non-hydrogen) atoms. The quantitative estimate of drug-likeness (QED) is 0.792. The SMILES string of the molecule is O=c1occcc1CCc1ccc(F)cc1. The standard InChI is InChI=1S/C13H11FO2/c14-12-7-4-10(5-8-12)3-6-11-2-1-9-16-13(11)15/h1-2,4-5,7-9H,3,6H2. The Balaban J connectivity index is 2.05. The molecule has 0 N–H and O–H groups in total. The van der Waals surface area contributed by atoms with Gasteiger partial charge in [-0.05, 0) is 42.7 Å². The fraction of sp³-hybridized carbons (Fsp3) is 0.154. The molecule has 0 amide bonds. The van der Waals surface area contributed by atoms with Crippen molar-refractivity contribution in [2.75, 3.05) is 0 Å². The van der Waals surface area contributed by atoms with Crippen molar-refractivity contribution in [2.24, 2.45) is 0 Å². The Bertz CT molecular complexity index is 514. The van der Waals surface area contributed by atoms with Crippen LogP contribution in [0.25, 0.3) is 0 Å². The summed E-state index contributed by atoms with van der Waals surface area (Å²) in [7, 11) is 0. The van der Waals surface area contributed by atoms with Crippen molar-refractivity contribution in [1.29, 1.82) is 0 Å². The number of hydrogen-bond donors (Lipinski definition) is 0. The normalized spacial score (nSPS) is 10.3. The Hall–Kier alpha value is -1.90. The van der Waals surface area contributed by atoms with Crippen LogP contribution in [-0.4, -0.2) is 0 Å². The minimum atomic E-state index is -0.301. The summed E-state index contributed by atoms with van der Waals surface area (Å²) in [5.41, 5.74) is 1.35. The molecular weight excluding hydrogens is 207 g/mol. The first kappa shape index (κ1) is 10.6. The molecule has 0 radical (unpaired) electrons. The van der Waals surface area contributed by atoms with E-state index in [9.17, 15) is 9.18 Å². The topological polar surface area (TPSA) is 30.2 Å². The maximum absolute atomic E-state index is 12.6. The second kappa shape index (κ2) is 4.75. The third-order valence-electron chi connectivity index (χ3n) is 2.41. The highest BCUT2D eigenvalue weighted by molar-refractivity contribution is 5.18. The summed E-state index contributed by atoms with van der Waals surface area (Å²) in [5.74, 6) is -0.247. The monoisotopic (exact) mass is 218 g/mol. The van der Waals surface area contributed by atoms with E-state index in [1.807, 2.05) is 0 Å². The zero-order chi connectivity index (χ0) is 11.4.